The van der Waals surface area contributed by atoms with Crippen molar-refractivity contribution in [1.29, 1.82) is 0 Å². The third-order valence-electron chi connectivity index (χ3n) is 19.2. The van der Waals surface area contributed by atoms with Crippen LogP contribution in [0.3, 0.4) is 0 Å². The molecular formula is C81H158O17P2. The number of unbranched alkanes of at least 4 members (excludes halogenated alkanes) is 46. The number of aliphatic hydroxyl groups is 1. The molecule has 0 heterocycles. The van der Waals surface area contributed by atoms with Crippen molar-refractivity contribution in [3.05, 3.63) is 0 Å². The van der Waals surface area contributed by atoms with Crippen LogP contribution in [0.4, 0.5) is 0 Å². The quantitative estimate of drug-likeness (QED) is 0.0222. The fraction of sp³-hybridized carbons (Fsp3) is 0.951. The molecule has 0 aromatic rings. The average Bonchev–Trinajstić information content (AvgIpc) is 1.01. The Morgan fingerprint density at radius 3 is 0.760 bits per heavy atom. The molecule has 0 rings (SSSR count). The average molecular weight is 1470 g/mol. The van der Waals surface area contributed by atoms with Crippen LogP contribution in [-0.2, 0) is 65.4 Å². The molecule has 19 heteroatoms. The summed E-state index contributed by atoms with van der Waals surface area (Å²) < 4.78 is 68.6. The molecule has 3 unspecified atom stereocenters. The first kappa shape index (κ1) is 98.1. The lowest BCUT2D eigenvalue weighted by atomic mass is 9.99. The molecule has 0 amide bonds. The molecule has 594 valence electrons. The van der Waals surface area contributed by atoms with Crippen LogP contribution in [-0.4, -0.2) is 96.7 Å². The minimum absolute atomic E-state index is 0.103. The summed E-state index contributed by atoms with van der Waals surface area (Å²) in [5.41, 5.74) is 0. The van der Waals surface area contributed by atoms with Crippen LogP contribution in [0.25, 0.3) is 0 Å². The van der Waals surface area contributed by atoms with Gasteiger partial charge in [-0.25, -0.2) is 9.13 Å². The van der Waals surface area contributed by atoms with E-state index < -0.39 is 97.5 Å². The summed E-state index contributed by atoms with van der Waals surface area (Å²) in [6.07, 6.45) is 60.1. The van der Waals surface area contributed by atoms with Crippen LogP contribution in [0, 0.1) is 17.8 Å². The molecule has 0 bridgehead atoms. The predicted octanol–water partition coefficient (Wildman–Crippen LogP) is 24.1. The largest absolute Gasteiger partial charge is 0.472 e. The van der Waals surface area contributed by atoms with Crippen LogP contribution < -0.4 is 0 Å². The summed E-state index contributed by atoms with van der Waals surface area (Å²) in [4.78, 5) is 72.9. The van der Waals surface area contributed by atoms with Crippen molar-refractivity contribution in [2.24, 2.45) is 17.8 Å². The number of phosphoric acid groups is 2. The van der Waals surface area contributed by atoms with Crippen LogP contribution in [0.1, 0.15) is 421 Å². The van der Waals surface area contributed by atoms with Gasteiger partial charge in [0.2, 0.25) is 0 Å². The zero-order valence-electron chi connectivity index (χ0n) is 65.7. The smallest absolute Gasteiger partial charge is 0.462 e. The zero-order chi connectivity index (χ0) is 73.7. The van der Waals surface area contributed by atoms with E-state index in [0.29, 0.717) is 37.5 Å². The number of hydrogen-bond donors (Lipinski definition) is 3. The van der Waals surface area contributed by atoms with Gasteiger partial charge in [0, 0.05) is 25.7 Å². The van der Waals surface area contributed by atoms with Crippen molar-refractivity contribution >= 4 is 39.5 Å². The van der Waals surface area contributed by atoms with E-state index >= 15 is 0 Å². The number of esters is 4. The Labute approximate surface area is 613 Å². The van der Waals surface area contributed by atoms with Gasteiger partial charge in [-0.2, -0.15) is 0 Å². The lowest BCUT2D eigenvalue weighted by Gasteiger charge is -2.21. The van der Waals surface area contributed by atoms with Crippen molar-refractivity contribution in [1.82, 2.24) is 0 Å². The van der Waals surface area contributed by atoms with Gasteiger partial charge in [0.05, 0.1) is 26.4 Å². The first-order valence-electron chi connectivity index (χ1n) is 41.9. The molecule has 0 aromatic heterocycles. The standard InChI is InChI=1S/C81H158O17P2/c1-8-10-11-12-13-14-15-16-17-18-19-20-21-22-23-24-29-32-35-42-50-57-64-80(85)97-76(68-91-78(83)62-55-48-41-34-31-28-26-25-27-30-33-40-47-54-61-74(7)9-2)70-95-99(87,88)93-66-75(82)67-94-100(89,90)96-71-77(98-81(86)65-58-51-44-37-39-46-53-60-73(5)6)69-92-79(84)63-56-49-43-36-38-45-52-59-72(3)4/h72-77,82H,8-71H2,1-7H3,(H,87,88)(H,89,90)/t74?,75-,76-,77-/m1/s1. The molecule has 0 saturated heterocycles. The van der Waals surface area contributed by atoms with Gasteiger partial charge in [-0.3, -0.25) is 37.3 Å². The molecule has 0 aliphatic heterocycles. The van der Waals surface area contributed by atoms with Crippen molar-refractivity contribution in [3.8, 4) is 0 Å². The van der Waals surface area contributed by atoms with Crippen molar-refractivity contribution in [2.75, 3.05) is 39.6 Å². The van der Waals surface area contributed by atoms with Crippen molar-refractivity contribution in [2.45, 2.75) is 439 Å². The van der Waals surface area contributed by atoms with E-state index in [1.165, 1.54) is 225 Å². The van der Waals surface area contributed by atoms with Gasteiger partial charge in [0.15, 0.2) is 12.2 Å². The molecule has 100 heavy (non-hydrogen) atoms. The maximum absolute atomic E-state index is 13.1. The van der Waals surface area contributed by atoms with Gasteiger partial charge in [0.1, 0.15) is 19.3 Å². The summed E-state index contributed by atoms with van der Waals surface area (Å²) >= 11 is 0. The van der Waals surface area contributed by atoms with E-state index in [0.717, 1.165) is 102 Å². The molecule has 0 aliphatic rings. The van der Waals surface area contributed by atoms with Gasteiger partial charge < -0.3 is 33.8 Å². The number of hydrogen-bond acceptors (Lipinski definition) is 15. The van der Waals surface area contributed by atoms with E-state index in [1.54, 1.807) is 0 Å². The van der Waals surface area contributed by atoms with Gasteiger partial charge in [0.25, 0.3) is 0 Å². The number of carbonyl (C=O) groups is 4. The van der Waals surface area contributed by atoms with Gasteiger partial charge in [-0.05, 0) is 43.4 Å². The fourth-order valence-corrected chi connectivity index (χ4v) is 14.0. The molecule has 6 atom stereocenters. The third-order valence-corrected chi connectivity index (χ3v) is 21.1. The van der Waals surface area contributed by atoms with Gasteiger partial charge in [-0.1, -0.05) is 370 Å². The minimum atomic E-state index is -4.96. The third kappa shape index (κ3) is 73.0. The highest BCUT2D eigenvalue weighted by Crippen LogP contribution is 2.45. The Bertz CT molecular complexity index is 1940. The van der Waals surface area contributed by atoms with E-state index in [1.807, 2.05) is 0 Å². The Morgan fingerprint density at radius 2 is 0.510 bits per heavy atom. The second-order valence-corrected chi connectivity index (χ2v) is 33.3. The first-order valence-corrected chi connectivity index (χ1v) is 44.9. The summed E-state index contributed by atoms with van der Waals surface area (Å²) in [7, 11) is -9.92. The van der Waals surface area contributed by atoms with Crippen molar-refractivity contribution < 1.29 is 80.2 Å². The summed E-state index contributed by atoms with van der Waals surface area (Å²) in [5.74, 6) is 0.134. The number of ether oxygens (including phenoxy) is 4. The molecular weight excluding hydrogens is 1310 g/mol. The Hall–Kier alpha value is -1.94. The van der Waals surface area contributed by atoms with E-state index in [9.17, 15) is 43.2 Å². The van der Waals surface area contributed by atoms with E-state index in [4.69, 9.17) is 37.0 Å². The van der Waals surface area contributed by atoms with Crippen molar-refractivity contribution in [3.63, 3.8) is 0 Å². The van der Waals surface area contributed by atoms with Crippen LogP contribution in [0.2, 0.25) is 0 Å². The van der Waals surface area contributed by atoms with Crippen LogP contribution in [0.5, 0.6) is 0 Å². The maximum atomic E-state index is 13.1. The zero-order valence-corrected chi connectivity index (χ0v) is 67.5. The second-order valence-electron chi connectivity index (χ2n) is 30.4. The molecule has 3 N–H and O–H groups in total. The topological polar surface area (TPSA) is 237 Å². The first-order chi connectivity index (χ1) is 48.3. The highest BCUT2D eigenvalue weighted by atomic mass is 31.2. The lowest BCUT2D eigenvalue weighted by Crippen LogP contribution is -2.30. The summed E-state index contributed by atoms with van der Waals surface area (Å²) in [5, 5.41) is 10.6. The molecule has 17 nitrogen and oxygen atoms in total. The molecule has 0 radical (unpaired) electrons. The fourth-order valence-electron chi connectivity index (χ4n) is 12.5. The predicted molar refractivity (Wildman–Crippen MR) is 409 cm³/mol. The number of phosphoric ester groups is 2. The summed E-state index contributed by atoms with van der Waals surface area (Å²) in [6, 6.07) is 0. The molecule has 0 aromatic carbocycles. The molecule has 0 spiro atoms. The minimum Gasteiger partial charge on any atom is -0.462 e. The second kappa shape index (κ2) is 71.3. The monoisotopic (exact) mass is 1470 g/mol. The Balaban J connectivity index is 5.19. The maximum Gasteiger partial charge on any atom is 0.472 e. The Kier molecular flexibility index (Phi) is 69.9. The van der Waals surface area contributed by atoms with Crippen LogP contribution >= 0.6 is 15.6 Å². The van der Waals surface area contributed by atoms with Gasteiger partial charge in [-0.15, -0.1) is 0 Å². The highest BCUT2D eigenvalue weighted by molar-refractivity contribution is 7.47. The lowest BCUT2D eigenvalue weighted by molar-refractivity contribution is -0.161. The summed E-state index contributed by atoms with van der Waals surface area (Å²) in [6.45, 7) is 11.9. The molecule has 0 saturated carbocycles. The molecule has 0 aliphatic carbocycles. The number of rotatable bonds is 79. The van der Waals surface area contributed by atoms with Crippen LogP contribution in [0.15, 0.2) is 0 Å². The Morgan fingerprint density at radius 1 is 0.290 bits per heavy atom. The normalized spacial score (nSPS) is 14.2. The van der Waals surface area contributed by atoms with Gasteiger partial charge >= 0.3 is 39.5 Å². The number of aliphatic hydroxyl groups excluding tert-OH is 1. The van der Waals surface area contributed by atoms with E-state index in [2.05, 4.69) is 48.5 Å². The van der Waals surface area contributed by atoms with E-state index in [-0.39, 0.29) is 25.7 Å². The number of carbonyl (C=O) groups excluding carboxylic acids is 4. The molecule has 0 fully saturated rings. The highest BCUT2D eigenvalue weighted by Gasteiger charge is 2.30. The SMILES string of the molecule is CCCCCCCCCCCCCCCCCCCCCCCCC(=O)O[C@H](COC(=O)CCCCCCCCCCCCCCCCC(C)CC)COP(=O)(O)OC[C@@H](O)COP(=O)(O)OC[C@@H](COC(=O)CCCCCCCCCC(C)C)OC(=O)CCCCCCCCCC(C)C.